The summed E-state index contributed by atoms with van der Waals surface area (Å²) in [5.74, 6) is 0.432. The van der Waals surface area contributed by atoms with Crippen LogP contribution < -0.4 is 10.2 Å². The molecular formula is C30H33F3N4O. The van der Waals surface area contributed by atoms with Crippen molar-refractivity contribution < 1.29 is 18.0 Å². The third kappa shape index (κ3) is 5.27. The highest BCUT2D eigenvalue weighted by atomic mass is 19.4. The molecule has 3 aromatic rings. The van der Waals surface area contributed by atoms with Crippen LogP contribution in [-0.2, 0) is 10.2 Å². The molecule has 1 amide bonds. The summed E-state index contributed by atoms with van der Waals surface area (Å²) in [7, 11) is 0. The maximum absolute atomic E-state index is 13.6. The van der Waals surface area contributed by atoms with Crippen LogP contribution in [0.2, 0.25) is 0 Å². The minimum absolute atomic E-state index is 0.456. The molecule has 2 aliphatic rings. The van der Waals surface area contributed by atoms with Crippen molar-refractivity contribution in [2.45, 2.75) is 37.8 Å². The number of hydrogen-bond acceptors (Lipinski definition) is 4. The standard InChI is InChI=1S/C30H33F3N4O/c1-22-9-8-14-27(35-22)37-19-17-36(18-20-37)16-7-6-15-29(28(38)34-21-30(31,32)33)25-12-4-2-10-23(25)24-11-3-5-13-26(24)29/h2-5,8-14H,6-7,15-21H2,1H3,(H,34,38). The lowest BCUT2D eigenvalue weighted by Crippen LogP contribution is -2.48. The van der Waals surface area contributed by atoms with Gasteiger partial charge in [-0.2, -0.15) is 13.2 Å². The minimum Gasteiger partial charge on any atom is -0.354 e. The Morgan fingerprint density at radius 3 is 2.13 bits per heavy atom. The second-order valence-electron chi connectivity index (χ2n) is 10.2. The number of aryl methyl sites for hydroxylation is 1. The molecule has 1 N–H and O–H groups in total. The molecule has 0 atom stereocenters. The van der Waals surface area contributed by atoms with Crippen LogP contribution in [0.1, 0.15) is 36.1 Å². The van der Waals surface area contributed by atoms with Gasteiger partial charge in [0.15, 0.2) is 0 Å². The molecule has 1 aliphatic heterocycles. The second kappa shape index (κ2) is 10.8. The van der Waals surface area contributed by atoms with E-state index in [1.54, 1.807) is 0 Å². The molecule has 0 spiro atoms. The molecule has 1 saturated heterocycles. The van der Waals surface area contributed by atoms with Crippen molar-refractivity contribution in [1.29, 1.82) is 0 Å². The fourth-order valence-corrected chi connectivity index (χ4v) is 5.92. The van der Waals surface area contributed by atoms with Crippen molar-refractivity contribution in [2.24, 2.45) is 0 Å². The second-order valence-corrected chi connectivity index (χ2v) is 10.2. The van der Waals surface area contributed by atoms with Gasteiger partial charge in [-0.1, -0.05) is 61.0 Å². The van der Waals surface area contributed by atoms with Crippen LogP contribution >= 0.6 is 0 Å². The van der Waals surface area contributed by atoms with E-state index in [2.05, 4.69) is 20.1 Å². The van der Waals surface area contributed by atoms with E-state index in [0.29, 0.717) is 6.42 Å². The Hall–Kier alpha value is -3.39. The number of carbonyl (C=O) groups is 1. The van der Waals surface area contributed by atoms with Gasteiger partial charge in [0, 0.05) is 31.9 Å². The molecule has 0 radical (unpaired) electrons. The number of pyridine rings is 1. The molecule has 5 nitrogen and oxygen atoms in total. The highest BCUT2D eigenvalue weighted by Gasteiger charge is 2.49. The molecule has 2 aromatic carbocycles. The molecule has 1 aromatic heterocycles. The van der Waals surface area contributed by atoms with Crippen molar-refractivity contribution in [1.82, 2.24) is 15.2 Å². The number of hydrogen-bond donors (Lipinski definition) is 1. The SMILES string of the molecule is Cc1cccc(N2CCN(CCCCC3(C(=O)NCC(F)(F)F)c4ccccc4-c4ccccc43)CC2)n1. The van der Waals surface area contributed by atoms with Gasteiger partial charge in [0.1, 0.15) is 17.8 Å². The van der Waals surface area contributed by atoms with E-state index in [0.717, 1.165) is 79.3 Å². The summed E-state index contributed by atoms with van der Waals surface area (Å²) in [5, 5.41) is 2.22. The number of alkyl halides is 3. The van der Waals surface area contributed by atoms with Gasteiger partial charge in [0.2, 0.25) is 5.91 Å². The quantitative estimate of drug-likeness (QED) is 0.407. The van der Waals surface area contributed by atoms with E-state index < -0.39 is 24.0 Å². The molecule has 1 fully saturated rings. The highest BCUT2D eigenvalue weighted by Crippen LogP contribution is 2.51. The summed E-state index contributed by atoms with van der Waals surface area (Å²) in [6.45, 7) is 5.21. The molecular weight excluding hydrogens is 489 g/mol. The average Bonchev–Trinajstić information content (AvgIpc) is 3.20. The highest BCUT2D eigenvalue weighted by molar-refractivity contribution is 6.00. The Morgan fingerprint density at radius 2 is 1.53 bits per heavy atom. The van der Waals surface area contributed by atoms with E-state index in [-0.39, 0.29) is 0 Å². The molecule has 200 valence electrons. The number of rotatable bonds is 8. The maximum atomic E-state index is 13.6. The number of anilines is 1. The molecule has 0 unspecified atom stereocenters. The number of nitrogens with zero attached hydrogens (tertiary/aromatic N) is 3. The normalized spacial score (nSPS) is 16.7. The number of nitrogens with one attached hydrogen (secondary N) is 1. The summed E-state index contributed by atoms with van der Waals surface area (Å²) in [5.41, 5.74) is 3.30. The third-order valence-electron chi connectivity index (χ3n) is 7.75. The summed E-state index contributed by atoms with van der Waals surface area (Å²) in [4.78, 5) is 22.9. The van der Waals surface area contributed by atoms with Gasteiger partial charge in [-0.25, -0.2) is 4.98 Å². The van der Waals surface area contributed by atoms with Crippen molar-refractivity contribution in [2.75, 3.05) is 44.2 Å². The van der Waals surface area contributed by atoms with Crippen LogP contribution in [0, 0.1) is 6.92 Å². The predicted octanol–water partition coefficient (Wildman–Crippen LogP) is 5.33. The number of halogens is 3. The molecule has 0 saturated carbocycles. The number of amides is 1. The zero-order valence-corrected chi connectivity index (χ0v) is 21.6. The Morgan fingerprint density at radius 1 is 0.895 bits per heavy atom. The van der Waals surface area contributed by atoms with E-state index in [9.17, 15) is 18.0 Å². The number of unbranched alkanes of at least 4 members (excludes halogenated alkanes) is 1. The number of aromatic nitrogens is 1. The smallest absolute Gasteiger partial charge is 0.354 e. The first-order valence-corrected chi connectivity index (χ1v) is 13.2. The van der Waals surface area contributed by atoms with Gasteiger partial charge in [-0.15, -0.1) is 0 Å². The first-order chi connectivity index (χ1) is 18.3. The van der Waals surface area contributed by atoms with Gasteiger partial charge in [0.25, 0.3) is 0 Å². The van der Waals surface area contributed by atoms with Gasteiger partial charge >= 0.3 is 6.18 Å². The van der Waals surface area contributed by atoms with Gasteiger partial charge < -0.3 is 10.2 Å². The Kier molecular flexibility index (Phi) is 7.43. The van der Waals surface area contributed by atoms with Crippen LogP contribution in [-0.4, -0.2) is 61.2 Å². The van der Waals surface area contributed by atoms with E-state index in [1.807, 2.05) is 73.7 Å². The summed E-state index contributed by atoms with van der Waals surface area (Å²) < 4.78 is 39.2. The van der Waals surface area contributed by atoms with Crippen molar-refractivity contribution in [3.63, 3.8) is 0 Å². The monoisotopic (exact) mass is 522 g/mol. The van der Waals surface area contributed by atoms with Crippen LogP contribution in [0.3, 0.4) is 0 Å². The predicted molar refractivity (Wildman–Crippen MR) is 143 cm³/mol. The maximum Gasteiger partial charge on any atom is 0.405 e. The van der Waals surface area contributed by atoms with Crippen molar-refractivity contribution >= 4 is 11.7 Å². The molecule has 38 heavy (non-hydrogen) atoms. The molecule has 2 heterocycles. The average molecular weight is 523 g/mol. The lowest BCUT2D eigenvalue weighted by molar-refractivity contribution is -0.141. The molecule has 1 aliphatic carbocycles. The van der Waals surface area contributed by atoms with Crippen molar-refractivity contribution in [3.8, 4) is 11.1 Å². The Labute approximate surface area is 221 Å². The number of carbonyl (C=O) groups excluding carboxylic acids is 1. The largest absolute Gasteiger partial charge is 0.405 e. The number of fused-ring (bicyclic) bond motifs is 3. The fourth-order valence-electron chi connectivity index (χ4n) is 5.92. The summed E-state index contributed by atoms with van der Waals surface area (Å²) in [6.07, 6.45) is -2.43. The van der Waals surface area contributed by atoms with E-state index in [1.165, 1.54) is 0 Å². The zero-order chi connectivity index (χ0) is 26.8. The lowest BCUT2D eigenvalue weighted by Gasteiger charge is -2.36. The fraction of sp³-hybridized carbons (Fsp3) is 0.400. The molecule has 0 bridgehead atoms. The van der Waals surface area contributed by atoms with E-state index in [4.69, 9.17) is 0 Å². The number of benzene rings is 2. The van der Waals surface area contributed by atoms with Crippen LogP contribution in [0.25, 0.3) is 11.1 Å². The topological polar surface area (TPSA) is 48.5 Å². The summed E-state index contributed by atoms with van der Waals surface area (Å²) >= 11 is 0. The van der Waals surface area contributed by atoms with Gasteiger partial charge in [-0.3, -0.25) is 9.69 Å². The van der Waals surface area contributed by atoms with Crippen LogP contribution in [0.15, 0.2) is 66.7 Å². The van der Waals surface area contributed by atoms with Crippen molar-refractivity contribution in [3.05, 3.63) is 83.6 Å². The Bertz CT molecular complexity index is 1240. The van der Waals surface area contributed by atoms with E-state index >= 15 is 0 Å². The van der Waals surface area contributed by atoms with Crippen LogP contribution in [0.4, 0.5) is 19.0 Å². The summed E-state index contributed by atoms with van der Waals surface area (Å²) in [6, 6.07) is 21.3. The Balaban J connectivity index is 1.27. The lowest BCUT2D eigenvalue weighted by atomic mass is 9.73. The molecule has 8 heteroatoms. The third-order valence-corrected chi connectivity index (χ3v) is 7.75. The first-order valence-electron chi connectivity index (χ1n) is 13.2. The number of piperazine rings is 1. The molecule has 5 rings (SSSR count). The first kappa shape index (κ1) is 26.2. The van der Waals surface area contributed by atoms with Gasteiger partial charge in [-0.05, 0) is 60.7 Å². The zero-order valence-electron chi connectivity index (χ0n) is 21.6. The van der Waals surface area contributed by atoms with Crippen LogP contribution in [0.5, 0.6) is 0 Å². The van der Waals surface area contributed by atoms with Gasteiger partial charge in [0.05, 0.1) is 0 Å². The minimum atomic E-state index is -4.47.